The maximum Gasteiger partial charge on any atom is 0.151 e. The Bertz CT molecular complexity index is 1040. The summed E-state index contributed by atoms with van der Waals surface area (Å²) < 4.78 is 2.23. The molecule has 5 heteroatoms. The number of thiophene rings is 1. The van der Waals surface area contributed by atoms with Crippen LogP contribution in [-0.4, -0.2) is 15.0 Å². The SMILES string of the molecule is Cc1cccc(Nc2ncnc3c2sc2c(C)cc(C)nc23)c1. The summed E-state index contributed by atoms with van der Waals surface area (Å²) in [6.45, 7) is 6.22. The molecule has 0 saturated carbocycles. The van der Waals surface area contributed by atoms with Crippen LogP contribution in [0.3, 0.4) is 0 Å². The summed E-state index contributed by atoms with van der Waals surface area (Å²) in [5, 5.41) is 3.41. The molecule has 0 unspecified atom stereocenters. The van der Waals surface area contributed by atoms with E-state index in [2.05, 4.69) is 52.3 Å². The smallest absolute Gasteiger partial charge is 0.151 e. The number of anilines is 2. The fourth-order valence-electron chi connectivity index (χ4n) is 2.80. The van der Waals surface area contributed by atoms with Crippen LogP contribution in [0, 0.1) is 20.8 Å². The quantitative estimate of drug-likeness (QED) is 0.570. The van der Waals surface area contributed by atoms with Crippen molar-refractivity contribution in [3.05, 3.63) is 53.5 Å². The molecule has 1 aromatic carbocycles. The van der Waals surface area contributed by atoms with Crippen LogP contribution in [0.2, 0.25) is 0 Å². The van der Waals surface area contributed by atoms with Gasteiger partial charge in [0.05, 0.1) is 9.40 Å². The van der Waals surface area contributed by atoms with Gasteiger partial charge < -0.3 is 5.32 Å². The first-order chi connectivity index (χ1) is 11.1. The summed E-state index contributed by atoms with van der Waals surface area (Å²) >= 11 is 1.70. The molecule has 0 bridgehead atoms. The molecule has 4 aromatic rings. The van der Waals surface area contributed by atoms with E-state index in [4.69, 9.17) is 0 Å². The molecular weight excluding hydrogens is 304 g/mol. The number of nitrogens with one attached hydrogen (secondary N) is 1. The van der Waals surface area contributed by atoms with Gasteiger partial charge in [-0.1, -0.05) is 12.1 Å². The highest BCUT2D eigenvalue weighted by molar-refractivity contribution is 7.26. The molecule has 0 aliphatic rings. The van der Waals surface area contributed by atoms with Crippen molar-refractivity contribution < 1.29 is 0 Å². The predicted octanol–water partition coefficient (Wildman–Crippen LogP) is 4.91. The van der Waals surface area contributed by atoms with E-state index >= 15 is 0 Å². The maximum absolute atomic E-state index is 4.68. The van der Waals surface area contributed by atoms with Gasteiger partial charge >= 0.3 is 0 Å². The molecule has 0 atom stereocenters. The van der Waals surface area contributed by atoms with Gasteiger partial charge in [0.1, 0.15) is 17.4 Å². The van der Waals surface area contributed by atoms with E-state index in [-0.39, 0.29) is 0 Å². The Balaban J connectivity index is 1.92. The molecule has 0 fully saturated rings. The first-order valence-corrected chi connectivity index (χ1v) is 8.28. The topological polar surface area (TPSA) is 50.7 Å². The molecular formula is C18H16N4S. The second-order valence-corrected chi connectivity index (χ2v) is 6.78. The molecule has 114 valence electrons. The minimum absolute atomic E-state index is 0.834. The van der Waals surface area contributed by atoms with Gasteiger partial charge in [0, 0.05) is 11.4 Å². The van der Waals surface area contributed by atoms with Gasteiger partial charge in [-0.15, -0.1) is 11.3 Å². The summed E-state index contributed by atoms with van der Waals surface area (Å²) in [5.74, 6) is 0.834. The van der Waals surface area contributed by atoms with Crippen LogP contribution in [0.4, 0.5) is 11.5 Å². The Morgan fingerprint density at radius 2 is 1.83 bits per heavy atom. The monoisotopic (exact) mass is 320 g/mol. The number of rotatable bonds is 2. The zero-order valence-corrected chi connectivity index (χ0v) is 14.0. The Hall–Kier alpha value is -2.53. The number of benzene rings is 1. The highest BCUT2D eigenvalue weighted by Crippen LogP contribution is 2.37. The zero-order valence-electron chi connectivity index (χ0n) is 13.2. The standard InChI is InChI=1S/C18H16N4S/c1-10-5-4-6-13(7-10)22-18-17-14(19-9-20-18)15-16(23-17)11(2)8-12(3)21-15/h4-9H,1-3H3,(H,19,20,22). The lowest BCUT2D eigenvalue weighted by molar-refractivity contribution is 1.21. The molecule has 4 rings (SSSR count). The highest BCUT2D eigenvalue weighted by atomic mass is 32.1. The van der Waals surface area contributed by atoms with E-state index in [0.717, 1.165) is 32.9 Å². The van der Waals surface area contributed by atoms with Crippen molar-refractivity contribution in [2.45, 2.75) is 20.8 Å². The van der Waals surface area contributed by atoms with E-state index in [9.17, 15) is 0 Å². The van der Waals surface area contributed by atoms with Gasteiger partial charge in [-0.25, -0.2) is 15.0 Å². The predicted molar refractivity (Wildman–Crippen MR) is 96.7 cm³/mol. The molecule has 3 aromatic heterocycles. The molecule has 0 saturated heterocycles. The molecule has 0 aliphatic carbocycles. The van der Waals surface area contributed by atoms with Crippen LogP contribution in [-0.2, 0) is 0 Å². The van der Waals surface area contributed by atoms with Crippen molar-refractivity contribution >= 4 is 43.3 Å². The number of hydrogen-bond acceptors (Lipinski definition) is 5. The molecule has 0 amide bonds. The van der Waals surface area contributed by atoms with Gasteiger partial charge in [-0.05, 0) is 50.1 Å². The highest BCUT2D eigenvalue weighted by Gasteiger charge is 2.14. The normalized spacial score (nSPS) is 11.3. The number of nitrogens with zero attached hydrogens (tertiary/aromatic N) is 3. The molecule has 0 radical (unpaired) electrons. The Kier molecular flexibility index (Phi) is 3.23. The van der Waals surface area contributed by atoms with Gasteiger partial charge in [0.2, 0.25) is 0 Å². The second kappa shape index (κ2) is 5.28. The molecule has 0 spiro atoms. The van der Waals surface area contributed by atoms with E-state index < -0.39 is 0 Å². The van der Waals surface area contributed by atoms with Gasteiger partial charge in [0.25, 0.3) is 0 Å². The molecule has 23 heavy (non-hydrogen) atoms. The minimum atomic E-state index is 0.834. The maximum atomic E-state index is 4.68. The molecule has 0 aliphatic heterocycles. The lowest BCUT2D eigenvalue weighted by Crippen LogP contribution is -1.94. The molecule has 3 heterocycles. The first-order valence-electron chi connectivity index (χ1n) is 7.47. The van der Waals surface area contributed by atoms with Crippen molar-refractivity contribution in [1.29, 1.82) is 0 Å². The number of aryl methyl sites for hydroxylation is 3. The third-order valence-electron chi connectivity index (χ3n) is 3.80. The van der Waals surface area contributed by atoms with E-state index in [1.165, 1.54) is 15.8 Å². The summed E-state index contributed by atoms with van der Waals surface area (Å²) in [6, 6.07) is 10.4. The van der Waals surface area contributed by atoms with E-state index in [0.29, 0.717) is 0 Å². The average molecular weight is 320 g/mol. The lowest BCUT2D eigenvalue weighted by Gasteiger charge is -2.06. The van der Waals surface area contributed by atoms with Crippen LogP contribution in [0.1, 0.15) is 16.8 Å². The Morgan fingerprint density at radius 1 is 0.957 bits per heavy atom. The summed E-state index contributed by atoms with van der Waals surface area (Å²) in [7, 11) is 0. The average Bonchev–Trinajstić information content (AvgIpc) is 2.88. The Morgan fingerprint density at radius 3 is 2.65 bits per heavy atom. The minimum Gasteiger partial charge on any atom is -0.339 e. The molecule has 1 N–H and O–H groups in total. The summed E-state index contributed by atoms with van der Waals surface area (Å²) in [6.07, 6.45) is 1.60. The van der Waals surface area contributed by atoms with Gasteiger partial charge in [-0.2, -0.15) is 0 Å². The van der Waals surface area contributed by atoms with Crippen molar-refractivity contribution in [3.8, 4) is 0 Å². The fraction of sp³-hybridized carbons (Fsp3) is 0.167. The summed E-state index contributed by atoms with van der Waals surface area (Å²) in [5.41, 5.74) is 6.38. The lowest BCUT2D eigenvalue weighted by atomic mass is 10.2. The largest absolute Gasteiger partial charge is 0.339 e. The van der Waals surface area contributed by atoms with Crippen LogP contribution >= 0.6 is 11.3 Å². The van der Waals surface area contributed by atoms with Crippen molar-refractivity contribution in [2.24, 2.45) is 0 Å². The number of pyridine rings is 1. The molecule has 4 nitrogen and oxygen atoms in total. The number of hydrogen-bond donors (Lipinski definition) is 1. The van der Waals surface area contributed by atoms with Gasteiger partial charge in [-0.3, -0.25) is 0 Å². The fourth-order valence-corrected chi connectivity index (χ4v) is 3.91. The summed E-state index contributed by atoms with van der Waals surface area (Å²) in [4.78, 5) is 13.6. The third kappa shape index (κ3) is 2.43. The van der Waals surface area contributed by atoms with Gasteiger partial charge in [0.15, 0.2) is 5.82 Å². The van der Waals surface area contributed by atoms with Crippen LogP contribution in [0.15, 0.2) is 36.7 Å². The zero-order chi connectivity index (χ0) is 16.0. The van der Waals surface area contributed by atoms with E-state index in [1.807, 2.05) is 19.1 Å². The van der Waals surface area contributed by atoms with E-state index in [1.54, 1.807) is 17.7 Å². The van der Waals surface area contributed by atoms with Crippen molar-refractivity contribution in [3.63, 3.8) is 0 Å². The van der Waals surface area contributed by atoms with Crippen LogP contribution in [0.5, 0.6) is 0 Å². The number of aromatic nitrogens is 3. The third-order valence-corrected chi connectivity index (χ3v) is 5.11. The van der Waals surface area contributed by atoms with Crippen molar-refractivity contribution in [1.82, 2.24) is 15.0 Å². The first kappa shape index (κ1) is 14.1. The van der Waals surface area contributed by atoms with Crippen molar-refractivity contribution in [2.75, 3.05) is 5.32 Å². The van der Waals surface area contributed by atoms with Crippen LogP contribution < -0.4 is 5.32 Å². The second-order valence-electron chi connectivity index (χ2n) is 5.75. The van der Waals surface area contributed by atoms with Crippen LogP contribution in [0.25, 0.3) is 20.4 Å². The number of fused-ring (bicyclic) bond motifs is 3. The Labute approximate surface area is 138 Å².